The van der Waals surface area contributed by atoms with Crippen molar-refractivity contribution in [2.75, 3.05) is 5.75 Å². The summed E-state index contributed by atoms with van der Waals surface area (Å²) in [5.74, 6) is -0.719. The molecule has 0 saturated heterocycles. The second kappa shape index (κ2) is 3.09. The Balaban J connectivity index is 3.90. The van der Waals surface area contributed by atoms with E-state index in [4.69, 9.17) is 5.11 Å². The molecule has 0 aromatic rings. The van der Waals surface area contributed by atoms with Crippen LogP contribution in [0.2, 0.25) is 0 Å². The molecule has 0 heterocycles. The zero-order valence-corrected chi connectivity index (χ0v) is 5.56. The van der Waals surface area contributed by atoms with Gasteiger partial charge in [-0.2, -0.15) is 8.42 Å². The number of halogens is 1. The van der Waals surface area contributed by atoms with Crippen LogP contribution in [0.25, 0.3) is 0 Å². The van der Waals surface area contributed by atoms with E-state index >= 15 is 0 Å². The average Bonchev–Trinajstić information content (AvgIpc) is 1.63. The van der Waals surface area contributed by atoms with Gasteiger partial charge < -0.3 is 5.11 Å². The van der Waals surface area contributed by atoms with E-state index in [2.05, 4.69) is 4.39 Å². The maximum Gasteiger partial charge on any atom is 0.300 e. The van der Waals surface area contributed by atoms with Gasteiger partial charge in [0, 0.05) is 0 Å². The van der Waals surface area contributed by atoms with Gasteiger partial charge in [0.1, 0.15) is 5.75 Å². The summed E-state index contributed by atoms with van der Waals surface area (Å²) < 4.78 is 33.6. The van der Waals surface area contributed by atoms with Gasteiger partial charge in [-0.3, -0.25) is 0 Å². The summed E-state index contributed by atoms with van der Waals surface area (Å²) in [6.45, 7) is 1.22. The molecule has 0 aliphatic rings. The van der Waals surface area contributed by atoms with E-state index < -0.39 is 22.0 Å². The number of aliphatic hydroxyl groups is 1. The van der Waals surface area contributed by atoms with Crippen LogP contribution in [0.1, 0.15) is 6.92 Å². The summed E-state index contributed by atoms with van der Waals surface area (Å²) in [5, 5.41) is 8.39. The Hall–Kier alpha value is -0.200. The van der Waals surface area contributed by atoms with Crippen molar-refractivity contribution in [1.82, 2.24) is 0 Å². The Morgan fingerprint density at radius 2 is 2.22 bits per heavy atom. The molecule has 56 valence electrons. The van der Waals surface area contributed by atoms with Gasteiger partial charge in [-0.1, -0.05) is 4.39 Å². The van der Waals surface area contributed by atoms with Gasteiger partial charge in [0.25, 0.3) is 10.1 Å². The minimum absolute atomic E-state index is 0.719. The topological polar surface area (TPSA) is 63.6 Å². The van der Waals surface area contributed by atoms with E-state index in [9.17, 15) is 12.9 Å². The Morgan fingerprint density at radius 1 is 1.78 bits per heavy atom. The molecule has 0 spiro atoms. The molecule has 0 bridgehead atoms. The first-order valence-electron chi connectivity index (χ1n) is 2.19. The fourth-order valence-corrected chi connectivity index (χ4v) is 0.963. The molecule has 0 radical (unpaired) electrons. The molecule has 1 atom stereocenters. The Bertz CT molecular complexity index is 161. The molecule has 0 rings (SSSR count). The van der Waals surface area contributed by atoms with E-state index in [1.165, 1.54) is 6.92 Å². The first-order chi connectivity index (χ1) is 3.98. The van der Waals surface area contributed by atoms with Crippen molar-refractivity contribution in [2.45, 2.75) is 13.0 Å². The lowest BCUT2D eigenvalue weighted by atomic mass is 10.5. The summed E-state index contributed by atoms with van der Waals surface area (Å²) in [4.78, 5) is 0. The maximum atomic E-state index is 10.9. The average molecular weight is 158 g/mol. The number of hydrogen-bond acceptors (Lipinski definition) is 4. The summed E-state index contributed by atoms with van der Waals surface area (Å²) >= 11 is 0. The van der Waals surface area contributed by atoms with Gasteiger partial charge >= 0.3 is 0 Å². The molecular formula is C3H7FO4S. The highest BCUT2D eigenvalue weighted by atomic mass is 32.2. The highest BCUT2D eigenvalue weighted by molar-refractivity contribution is 7.86. The summed E-state index contributed by atoms with van der Waals surface area (Å²) in [6.07, 6.45) is -1.11. The van der Waals surface area contributed by atoms with Gasteiger partial charge in [-0.05, 0) is 11.4 Å². The van der Waals surface area contributed by atoms with Crippen LogP contribution >= 0.6 is 0 Å². The molecule has 0 amide bonds. The first-order valence-corrected chi connectivity index (χ1v) is 3.76. The molecule has 0 aromatic heterocycles. The zero-order valence-electron chi connectivity index (χ0n) is 4.74. The largest absolute Gasteiger partial charge is 0.392 e. The fourth-order valence-electron chi connectivity index (χ4n) is 0.321. The van der Waals surface area contributed by atoms with Gasteiger partial charge in [-0.15, -0.1) is 0 Å². The lowest BCUT2D eigenvalue weighted by Gasteiger charge is -1.98. The molecule has 4 nitrogen and oxygen atoms in total. The van der Waals surface area contributed by atoms with E-state index in [0.717, 1.165) is 0 Å². The minimum Gasteiger partial charge on any atom is -0.392 e. The van der Waals surface area contributed by atoms with E-state index in [-0.39, 0.29) is 0 Å². The van der Waals surface area contributed by atoms with Crippen LogP contribution in [0.4, 0.5) is 4.53 Å². The van der Waals surface area contributed by atoms with Crippen LogP contribution in [-0.4, -0.2) is 25.4 Å². The van der Waals surface area contributed by atoms with Crippen LogP contribution in [0, 0.1) is 0 Å². The standard InChI is InChI=1S/C3H7FO4S/c1-3(5)2-9(6,7)8-4/h3,5H,2H2,1H3. The van der Waals surface area contributed by atoms with Crippen LogP contribution in [0.15, 0.2) is 0 Å². The molecule has 0 fully saturated rings. The van der Waals surface area contributed by atoms with Crippen LogP contribution in [0.3, 0.4) is 0 Å². The van der Waals surface area contributed by atoms with Crippen molar-refractivity contribution in [2.24, 2.45) is 0 Å². The Kier molecular flexibility index (Phi) is 3.02. The van der Waals surface area contributed by atoms with Crippen LogP contribution in [-0.2, 0) is 14.5 Å². The minimum atomic E-state index is -4.14. The van der Waals surface area contributed by atoms with Crippen molar-refractivity contribution in [3.05, 3.63) is 0 Å². The molecule has 0 aromatic carbocycles. The lowest BCUT2D eigenvalue weighted by Crippen LogP contribution is -2.17. The second-order valence-corrected chi connectivity index (χ2v) is 3.21. The third kappa shape index (κ3) is 4.31. The molecule has 0 aliphatic heterocycles. The molecule has 0 aliphatic carbocycles. The summed E-state index contributed by atoms with van der Waals surface area (Å²) in [5.41, 5.74) is 0. The smallest absolute Gasteiger partial charge is 0.300 e. The molecular weight excluding hydrogens is 151 g/mol. The molecule has 6 heteroatoms. The number of hydrogen-bond donors (Lipinski definition) is 1. The third-order valence-corrected chi connectivity index (χ3v) is 1.62. The third-order valence-electron chi connectivity index (χ3n) is 0.541. The normalized spacial score (nSPS) is 15.4. The highest BCUT2D eigenvalue weighted by Gasteiger charge is 2.14. The first kappa shape index (κ1) is 8.80. The zero-order chi connectivity index (χ0) is 7.49. The van der Waals surface area contributed by atoms with Crippen molar-refractivity contribution >= 4 is 10.1 Å². The van der Waals surface area contributed by atoms with E-state index in [0.29, 0.717) is 0 Å². The van der Waals surface area contributed by atoms with Gasteiger partial charge in [-0.25, -0.2) is 0 Å². The predicted molar refractivity (Wildman–Crippen MR) is 27.7 cm³/mol. The van der Waals surface area contributed by atoms with E-state index in [1.807, 2.05) is 0 Å². The molecule has 0 saturated carbocycles. The molecule has 1 N–H and O–H groups in total. The summed E-state index contributed by atoms with van der Waals surface area (Å²) in [6, 6.07) is 0. The maximum absolute atomic E-state index is 10.9. The van der Waals surface area contributed by atoms with Crippen molar-refractivity contribution in [1.29, 1.82) is 0 Å². The molecule has 9 heavy (non-hydrogen) atoms. The fraction of sp³-hybridized carbons (Fsp3) is 1.00. The quantitative estimate of drug-likeness (QED) is 0.607. The SMILES string of the molecule is CC(O)CS(=O)(=O)OF. The van der Waals surface area contributed by atoms with E-state index in [1.54, 1.807) is 0 Å². The highest BCUT2D eigenvalue weighted by Crippen LogP contribution is 1.95. The van der Waals surface area contributed by atoms with Gasteiger partial charge in [0.2, 0.25) is 0 Å². The predicted octanol–water partition coefficient (Wildman–Crippen LogP) is -0.402. The second-order valence-electron chi connectivity index (χ2n) is 1.64. The Morgan fingerprint density at radius 3 is 2.33 bits per heavy atom. The summed E-state index contributed by atoms with van der Waals surface area (Å²) in [7, 11) is -4.14. The molecule has 1 unspecified atom stereocenters. The monoisotopic (exact) mass is 158 g/mol. The van der Waals surface area contributed by atoms with Crippen LogP contribution < -0.4 is 0 Å². The van der Waals surface area contributed by atoms with Gasteiger partial charge in [0.05, 0.1) is 6.10 Å². The Labute approximate surface area is 52.3 Å². The van der Waals surface area contributed by atoms with Crippen molar-refractivity contribution in [3.63, 3.8) is 0 Å². The number of aliphatic hydroxyl groups excluding tert-OH is 1. The number of rotatable bonds is 3. The van der Waals surface area contributed by atoms with Crippen LogP contribution in [0.5, 0.6) is 0 Å². The van der Waals surface area contributed by atoms with Crippen molar-refractivity contribution < 1.29 is 22.4 Å². The van der Waals surface area contributed by atoms with Crippen molar-refractivity contribution in [3.8, 4) is 0 Å². The van der Waals surface area contributed by atoms with Gasteiger partial charge in [0.15, 0.2) is 0 Å². The lowest BCUT2D eigenvalue weighted by molar-refractivity contribution is 0.00133.